The first-order valence-electron chi connectivity index (χ1n) is 6.73. The number of allylic oxidation sites excluding steroid dienone is 1. The van der Waals surface area contributed by atoms with E-state index in [1.807, 2.05) is 44.2 Å². The summed E-state index contributed by atoms with van der Waals surface area (Å²) in [6.07, 6.45) is 3.51. The van der Waals surface area contributed by atoms with E-state index in [2.05, 4.69) is 10.3 Å². The third kappa shape index (κ3) is 3.52. The molecule has 0 saturated heterocycles. The topological polar surface area (TPSA) is 86.2 Å². The molecule has 1 aromatic carbocycles. The normalized spacial score (nSPS) is 15.1. The fraction of sp³-hybridized carbons (Fsp3) is 0.188. The van der Waals surface area contributed by atoms with Crippen molar-refractivity contribution in [3.63, 3.8) is 0 Å². The van der Waals surface area contributed by atoms with E-state index in [0.29, 0.717) is 11.6 Å². The molecule has 0 saturated carbocycles. The average Bonchev–Trinajstić information content (AvgIpc) is 2.49. The first-order chi connectivity index (χ1) is 9.98. The average molecular weight is 355 g/mol. The van der Waals surface area contributed by atoms with Crippen molar-refractivity contribution < 1.29 is 4.74 Å². The van der Waals surface area contributed by atoms with Crippen LogP contribution >= 0.6 is 24.8 Å². The molecular weight excluding hydrogens is 335 g/mol. The second-order valence-corrected chi connectivity index (χ2v) is 5.35. The molecule has 5 N–H and O–H groups in total. The van der Waals surface area contributed by atoms with Crippen molar-refractivity contribution in [3.8, 4) is 5.75 Å². The maximum absolute atomic E-state index is 6.50. The number of nitrogens with one attached hydrogen (secondary N) is 1. The maximum atomic E-state index is 6.50. The third-order valence-electron chi connectivity index (χ3n) is 3.75. The number of aromatic nitrogens is 1. The van der Waals surface area contributed by atoms with Gasteiger partial charge in [-0.3, -0.25) is 4.98 Å². The number of nitrogens with two attached hydrogens (primary N) is 2. The van der Waals surface area contributed by atoms with Crippen molar-refractivity contribution in [1.82, 2.24) is 4.98 Å². The van der Waals surface area contributed by atoms with Gasteiger partial charge in [0.15, 0.2) is 5.75 Å². The third-order valence-corrected chi connectivity index (χ3v) is 3.75. The molecule has 2 heterocycles. The molecule has 1 aliphatic heterocycles. The number of rotatable bonds is 2. The molecule has 0 aliphatic carbocycles. The molecule has 0 amide bonds. The first kappa shape index (κ1) is 19.1. The number of pyridine rings is 1. The molecule has 3 rings (SSSR count). The second-order valence-electron chi connectivity index (χ2n) is 5.35. The minimum Gasteiger partial charge on any atom is -0.456 e. The summed E-state index contributed by atoms with van der Waals surface area (Å²) in [5, 5.41) is 3.13. The monoisotopic (exact) mass is 354 g/mol. The Bertz CT molecular complexity index is 717. The van der Waals surface area contributed by atoms with Crippen LogP contribution < -0.4 is 21.5 Å². The summed E-state index contributed by atoms with van der Waals surface area (Å²) < 4.78 is 5.66. The van der Waals surface area contributed by atoms with E-state index >= 15 is 0 Å². The van der Waals surface area contributed by atoms with Crippen LogP contribution in [0, 0.1) is 0 Å². The number of nitrogens with zero attached hydrogens (tertiary/aromatic N) is 1. The van der Waals surface area contributed by atoms with E-state index in [1.54, 1.807) is 12.4 Å². The minimum atomic E-state index is -0.643. The molecular formula is C16H20Cl2N4O. The standard InChI is InChI=1S/C16H18N4O.2ClH/c1-10-15(17)20-13-8-11(5-6-14(13)21-10)16(2,18)12-4-3-7-19-9-12;;/h3-9,20H,17-18H2,1-2H3;2*1H. The molecule has 0 radical (unpaired) electrons. The summed E-state index contributed by atoms with van der Waals surface area (Å²) in [6, 6.07) is 9.66. The molecule has 0 fully saturated rings. The zero-order chi connectivity index (χ0) is 15.0. The Labute approximate surface area is 147 Å². The van der Waals surface area contributed by atoms with Crippen LogP contribution in [0.25, 0.3) is 0 Å². The molecule has 5 nitrogen and oxygen atoms in total. The van der Waals surface area contributed by atoms with E-state index in [9.17, 15) is 0 Å². The van der Waals surface area contributed by atoms with Crippen molar-refractivity contribution in [2.75, 3.05) is 5.32 Å². The van der Waals surface area contributed by atoms with Crippen LogP contribution in [0.3, 0.4) is 0 Å². The van der Waals surface area contributed by atoms with Crippen LogP contribution in [0.15, 0.2) is 54.3 Å². The van der Waals surface area contributed by atoms with E-state index in [0.717, 1.165) is 22.6 Å². The Kier molecular flexibility index (Phi) is 5.88. The van der Waals surface area contributed by atoms with Gasteiger partial charge in [0, 0.05) is 12.4 Å². The van der Waals surface area contributed by atoms with E-state index in [1.165, 1.54) is 0 Å². The number of hydrogen-bond donors (Lipinski definition) is 3. The summed E-state index contributed by atoms with van der Waals surface area (Å²) in [7, 11) is 0. The van der Waals surface area contributed by atoms with Gasteiger partial charge in [0.1, 0.15) is 11.6 Å². The lowest BCUT2D eigenvalue weighted by molar-refractivity contribution is 0.415. The number of halogens is 2. The summed E-state index contributed by atoms with van der Waals surface area (Å²) in [4.78, 5) is 4.14. The SMILES string of the molecule is CC1=C(N)Nc2cc(C(C)(N)c3cccnc3)ccc2O1.Cl.Cl. The van der Waals surface area contributed by atoms with Crippen LogP contribution in [-0.2, 0) is 5.54 Å². The summed E-state index contributed by atoms with van der Waals surface area (Å²) in [5.41, 5.74) is 14.4. The van der Waals surface area contributed by atoms with Gasteiger partial charge in [-0.05, 0) is 43.2 Å². The van der Waals surface area contributed by atoms with E-state index in [4.69, 9.17) is 16.2 Å². The van der Waals surface area contributed by atoms with E-state index in [-0.39, 0.29) is 24.8 Å². The van der Waals surface area contributed by atoms with Gasteiger partial charge >= 0.3 is 0 Å². The van der Waals surface area contributed by atoms with Gasteiger partial charge in [0.2, 0.25) is 0 Å². The van der Waals surface area contributed by atoms with Crippen LogP contribution in [0.4, 0.5) is 5.69 Å². The van der Waals surface area contributed by atoms with Gasteiger partial charge in [-0.1, -0.05) is 12.1 Å². The molecule has 1 aromatic heterocycles. The van der Waals surface area contributed by atoms with E-state index < -0.39 is 5.54 Å². The van der Waals surface area contributed by atoms with Gasteiger partial charge in [0.25, 0.3) is 0 Å². The lowest BCUT2D eigenvalue weighted by Gasteiger charge is -2.28. The Balaban J connectivity index is 0.00000132. The first-order valence-corrected chi connectivity index (χ1v) is 6.73. The fourth-order valence-electron chi connectivity index (χ4n) is 2.33. The zero-order valence-corrected chi connectivity index (χ0v) is 14.5. The Morgan fingerprint density at radius 3 is 2.57 bits per heavy atom. The van der Waals surface area contributed by atoms with Crippen LogP contribution in [0.5, 0.6) is 5.75 Å². The molecule has 0 spiro atoms. The molecule has 0 bridgehead atoms. The molecule has 1 aliphatic rings. The van der Waals surface area contributed by atoms with Crippen molar-refractivity contribution >= 4 is 30.5 Å². The molecule has 2 aromatic rings. The van der Waals surface area contributed by atoms with Gasteiger partial charge in [-0.15, -0.1) is 24.8 Å². The molecule has 124 valence electrons. The number of anilines is 1. The predicted octanol–water partition coefficient (Wildman–Crippen LogP) is 3.10. The summed E-state index contributed by atoms with van der Waals surface area (Å²) in [6.45, 7) is 3.78. The molecule has 1 unspecified atom stereocenters. The van der Waals surface area contributed by atoms with Crippen molar-refractivity contribution in [2.24, 2.45) is 11.5 Å². The summed E-state index contributed by atoms with van der Waals surface area (Å²) in [5.74, 6) is 1.92. The van der Waals surface area contributed by atoms with Crippen molar-refractivity contribution in [3.05, 3.63) is 65.4 Å². The van der Waals surface area contributed by atoms with Crippen LogP contribution in [-0.4, -0.2) is 4.98 Å². The molecule has 23 heavy (non-hydrogen) atoms. The highest BCUT2D eigenvalue weighted by atomic mass is 35.5. The number of fused-ring (bicyclic) bond motifs is 1. The van der Waals surface area contributed by atoms with Gasteiger partial charge < -0.3 is 21.5 Å². The van der Waals surface area contributed by atoms with Gasteiger partial charge in [0.05, 0.1) is 11.2 Å². The number of benzene rings is 1. The zero-order valence-electron chi connectivity index (χ0n) is 12.9. The Morgan fingerprint density at radius 1 is 1.17 bits per heavy atom. The summed E-state index contributed by atoms with van der Waals surface area (Å²) >= 11 is 0. The smallest absolute Gasteiger partial charge is 0.150 e. The highest BCUT2D eigenvalue weighted by molar-refractivity contribution is 5.85. The lowest BCUT2D eigenvalue weighted by atomic mass is 9.86. The number of ether oxygens (including phenoxy) is 1. The predicted molar refractivity (Wildman–Crippen MR) is 97.0 cm³/mol. The van der Waals surface area contributed by atoms with Crippen molar-refractivity contribution in [2.45, 2.75) is 19.4 Å². The maximum Gasteiger partial charge on any atom is 0.150 e. The highest BCUT2D eigenvalue weighted by Gasteiger charge is 2.26. The minimum absolute atomic E-state index is 0. The Hall–Kier alpha value is -1.95. The largest absolute Gasteiger partial charge is 0.456 e. The highest BCUT2D eigenvalue weighted by Crippen LogP contribution is 2.36. The van der Waals surface area contributed by atoms with Gasteiger partial charge in [-0.2, -0.15) is 0 Å². The van der Waals surface area contributed by atoms with Crippen molar-refractivity contribution in [1.29, 1.82) is 0 Å². The van der Waals surface area contributed by atoms with Crippen LogP contribution in [0.2, 0.25) is 0 Å². The Morgan fingerprint density at radius 2 is 1.91 bits per heavy atom. The number of hydrogen-bond acceptors (Lipinski definition) is 5. The van der Waals surface area contributed by atoms with Gasteiger partial charge in [-0.25, -0.2) is 0 Å². The molecule has 1 atom stereocenters. The lowest BCUT2D eigenvalue weighted by Crippen LogP contribution is -2.34. The van der Waals surface area contributed by atoms with Crippen LogP contribution in [0.1, 0.15) is 25.0 Å². The molecule has 7 heteroatoms. The quantitative estimate of drug-likeness (QED) is 0.771. The second kappa shape index (κ2) is 7.08. The fourth-order valence-corrected chi connectivity index (χ4v) is 2.33.